The Labute approximate surface area is 155 Å². The zero-order chi connectivity index (χ0) is 18.0. The average molecular weight is 381 g/mol. The van der Waals surface area contributed by atoms with E-state index in [1.165, 1.54) is 11.1 Å². The van der Waals surface area contributed by atoms with Crippen LogP contribution in [-0.4, -0.2) is 32.7 Å². The molecule has 25 heavy (non-hydrogen) atoms. The minimum absolute atomic E-state index is 0.331. The number of aliphatic hydroxyl groups is 1. The van der Waals surface area contributed by atoms with Gasteiger partial charge in [-0.3, -0.25) is 9.88 Å². The summed E-state index contributed by atoms with van der Waals surface area (Å²) < 4.78 is 0. The summed E-state index contributed by atoms with van der Waals surface area (Å²) in [6, 6.07) is 9.21. The maximum atomic E-state index is 11.9. The Hall–Kier alpha value is -1.82. The highest BCUT2D eigenvalue weighted by molar-refractivity contribution is 6.30. The first-order valence-electron chi connectivity index (χ1n) is 8.00. The molecule has 1 heterocycles. The molecular weight excluding hydrogens is 363 g/mol. The van der Waals surface area contributed by atoms with Crippen molar-refractivity contribution in [3.05, 3.63) is 63.9 Å². The molecule has 1 saturated carbocycles. The lowest BCUT2D eigenvalue weighted by atomic mass is 9.97. The molecule has 132 valence electrons. The second-order valence-corrected chi connectivity index (χ2v) is 7.10. The zero-order valence-corrected chi connectivity index (χ0v) is 14.9. The van der Waals surface area contributed by atoms with Crippen LogP contribution in [0.25, 0.3) is 0 Å². The third kappa shape index (κ3) is 4.42. The van der Waals surface area contributed by atoms with Crippen molar-refractivity contribution in [2.75, 3.05) is 6.54 Å². The van der Waals surface area contributed by atoms with Crippen molar-refractivity contribution in [2.24, 2.45) is 5.92 Å². The molecule has 1 aliphatic rings. The lowest BCUT2D eigenvalue weighted by Crippen LogP contribution is -2.39. The van der Waals surface area contributed by atoms with Crippen LogP contribution in [0.4, 0.5) is 4.79 Å². The van der Waals surface area contributed by atoms with Gasteiger partial charge in [0, 0.05) is 17.8 Å². The van der Waals surface area contributed by atoms with E-state index in [-0.39, 0.29) is 0 Å². The Bertz CT molecular complexity index is 750. The number of pyridine rings is 1. The first-order valence-corrected chi connectivity index (χ1v) is 8.76. The second-order valence-electron chi connectivity index (χ2n) is 6.22. The first-order chi connectivity index (χ1) is 12.0. The Kier molecular flexibility index (Phi) is 5.47. The van der Waals surface area contributed by atoms with Gasteiger partial charge in [-0.25, -0.2) is 4.79 Å². The molecule has 0 saturated heterocycles. The van der Waals surface area contributed by atoms with Gasteiger partial charge in [0.05, 0.1) is 10.7 Å². The molecular formula is C18H18Cl2N2O3. The maximum Gasteiger partial charge on any atom is 0.407 e. The predicted molar refractivity (Wildman–Crippen MR) is 95.9 cm³/mol. The molecule has 0 aliphatic heterocycles. The standard InChI is InChI=1S/C18H18Cl2N2O3/c19-13-3-1-2-12(8-13)17(23)16(15-7-6-14(20)9-21-15)22(18(24)25)10-11-4-5-11/h1-3,6-9,11,16-17,23H,4-5,10H2,(H,24,25)/t16-,17-/m1/s1. The van der Waals surface area contributed by atoms with Crippen molar-refractivity contribution in [2.45, 2.75) is 25.0 Å². The van der Waals surface area contributed by atoms with Crippen molar-refractivity contribution in [3.63, 3.8) is 0 Å². The summed E-state index contributed by atoms with van der Waals surface area (Å²) in [5.74, 6) is 0.331. The minimum atomic E-state index is -1.10. The Morgan fingerprint density at radius 2 is 2.00 bits per heavy atom. The van der Waals surface area contributed by atoms with Gasteiger partial charge in [-0.2, -0.15) is 0 Å². The lowest BCUT2D eigenvalue weighted by Gasteiger charge is -2.33. The molecule has 0 spiro atoms. The largest absolute Gasteiger partial charge is 0.465 e. The van der Waals surface area contributed by atoms with E-state index < -0.39 is 18.2 Å². The Balaban J connectivity index is 2.00. The molecule has 2 aromatic rings. The SMILES string of the molecule is O=C(O)N(CC1CC1)[C@H](c1ccc(Cl)cn1)[C@H](O)c1cccc(Cl)c1. The number of benzene rings is 1. The summed E-state index contributed by atoms with van der Waals surface area (Å²) >= 11 is 11.9. The van der Waals surface area contributed by atoms with Crippen LogP contribution in [0.15, 0.2) is 42.6 Å². The van der Waals surface area contributed by atoms with E-state index in [0.717, 1.165) is 12.8 Å². The smallest absolute Gasteiger partial charge is 0.407 e. The summed E-state index contributed by atoms with van der Waals surface area (Å²) in [5, 5.41) is 21.6. The van der Waals surface area contributed by atoms with Crippen LogP contribution in [0.1, 0.15) is 36.2 Å². The Morgan fingerprint density at radius 3 is 2.56 bits per heavy atom. The maximum absolute atomic E-state index is 11.9. The molecule has 1 aliphatic carbocycles. The lowest BCUT2D eigenvalue weighted by molar-refractivity contribution is 0.0423. The number of amides is 1. The highest BCUT2D eigenvalue weighted by Gasteiger charge is 2.37. The van der Waals surface area contributed by atoms with Gasteiger partial charge >= 0.3 is 6.09 Å². The Morgan fingerprint density at radius 1 is 1.24 bits per heavy atom. The summed E-state index contributed by atoms with van der Waals surface area (Å²) in [6.45, 7) is 0.363. The van der Waals surface area contributed by atoms with Crippen LogP contribution in [0.5, 0.6) is 0 Å². The molecule has 1 amide bonds. The predicted octanol–water partition coefficient (Wildman–Crippen LogP) is 4.55. The van der Waals surface area contributed by atoms with E-state index in [1.807, 2.05) is 0 Å². The first kappa shape index (κ1) is 18.0. The molecule has 0 bridgehead atoms. The number of halogens is 2. The fourth-order valence-electron chi connectivity index (χ4n) is 2.82. The molecule has 5 nitrogen and oxygen atoms in total. The molecule has 1 aromatic heterocycles. The molecule has 0 radical (unpaired) electrons. The van der Waals surface area contributed by atoms with Crippen LogP contribution < -0.4 is 0 Å². The number of hydrogen-bond acceptors (Lipinski definition) is 3. The molecule has 3 rings (SSSR count). The summed E-state index contributed by atoms with van der Waals surface area (Å²) in [7, 11) is 0. The molecule has 7 heteroatoms. The van der Waals surface area contributed by atoms with E-state index in [0.29, 0.717) is 33.8 Å². The molecule has 2 atom stereocenters. The fraction of sp³-hybridized carbons (Fsp3) is 0.333. The number of aromatic nitrogens is 1. The zero-order valence-electron chi connectivity index (χ0n) is 13.3. The van der Waals surface area contributed by atoms with E-state index in [2.05, 4.69) is 4.98 Å². The number of hydrogen-bond donors (Lipinski definition) is 2. The molecule has 1 aromatic carbocycles. The van der Waals surface area contributed by atoms with E-state index in [4.69, 9.17) is 23.2 Å². The summed E-state index contributed by atoms with van der Waals surface area (Å²) in [5.41, 5.74) is 0.983. The third-order valence-electron chi connectivity index (χ3n) is 4.28. The average Bonchev–Trinajstić information content (AvgIpc) is 3.39. The fourth-order valence-corrected chi connectivity index (χ4v) is 3.13. The van der Waals surface area contributed by atoms with E-state index >= 15 is 0 Å². The highest BCUT2D eigenvalue weighted by Crippen LogP contribution is 2.38. The van der Waals surface area contributed by atoms with Crippen LogP contribution in [0.2, 0.25) is 10.0 Å². The van der Waals surface area contributed by atoms with Crippen LogP contribution in [0, 0.1) is 5.92 Å². The minimum Gasteiger partial charge on any atom is -0.465 e. The third-order valence-corrected chi connectivity index (χ3v) is 4.73. The normalized spacial score (nSPS) is 16.3. The summed E-state index contributed by atoms with van der Waals surface area (Å²) in [4.78, 5) is 17.4. The van der Waals surface area contributed by atoms with Crippen LogP contribution >= 0.6 is 23.2 Å². The van der Waals surface area contributed by atoms with Gasteiger partial charge in [-0.1, -0.05) is 35.3 Å². The number of carbonyl (C=O) groups is 1. The highest BCUT2D eigenvalue weighted by atomic mass is 35.5. The van der Waals surface area contributed by atoms with Crippen molar-refractivity contribution in [1.29, 1.82) is 0 Å². The molecule has 0 unspecified atom stereocenters. The van der Waals surface area contributed by atoms with Gasteiger partial charge in [0.1, 0.15) is 12.1 Å². The molecule has 1 fully saturated rings. The monoisotopic (exact) mass is 380 g/mol. The van der Waals surface area contributed by atoms with E-state index in [1.54, 1.807) is 36.4 Å². The number of nitrogens with zero attached hydrogens (tertiary/aromatic N) is 2. The van der Waals surface area contributed by atoms with Crippen LogP contribution in [-0.2, 0) is 0 Å². The van der Waals surface area contributed by atoms with Gasteiger partial charge in [0.25, 0.3) is 0 Å². The summed E-state index contributed by atoms with van der Waals surface area (Å²) in [6.07, 6.45) is 1.26. The van der Waals surface area contributed by atoms with E-state index in [9.17, 15) is 15.0 Å². The van der Waals surface area contributed by atoms with Crippen molar-refractivity contribution >= 4 is 29.3 Å². The second kappa shape index (κ2) is 7.60. The van der Waals surface area contributed by atoms with Crippen molar-refractivity contribution in [1.82, 2.24) is 9.88 Å². The molecule has 2 N–H and O–H groups in total. The number of rotatable bonds is 6. The van der Waals surface area contributed by atoms with Crippen LogP contribution in [0.3, 0.4) is 0 Å². The van der Waals surface area contributed by atoms with Gasteiger partial charge in [0.15, 0.2) is 0 Å². The van der Waals surface area contributed by atoms with Gasteiger partial charge in [-0.15, -0.1) is 0 Å². The topological polar surface area (TPSA) is 73.7 Å². The quantitative estimate of drug-likeness (QED) is 0.770. The van der Waals surface area contributed by atoms with Gasteiger partial charge in [-0.05, 0) is 48.6 Å². The number of aliphatic hydroxyl groups excluding tert-OH is 1. The van der Waals surface area contributed by atoms with Crippen molar-refractivity contribution in [3.8, 4) is 0 Å². The van der Waals surface area contributed by atoms with Crippen molar-refractivity contribution < 1.29 is 15.0 Å². The van der Waals surface area contributed by atoms with Gasteiger partial charge in [0.2, 0.25) is 0 Å². The van der Waals surface area contributed by atoms with Gasteiger partial charge < -0.3 is 10.2 Å². The number of carboxylic acid groups (broad SMARTS) is 1.